The van der Waals surface area contributed by atoms with Crippen LogP contribution in [0, 0.1) is 5.92 Å². The average molecular weight is 528 g/mol. The van der Waals surface area contributed by atoms with E-state index >= 15 is 0 Å². The summed E-state index contributed by atoms with van der Waals surface area (Å²) in [5.74, 6) is 1.07. The molecule has 2 unspecified atom stereocenters. The molecule has 209 valence electrons. The molecule has 0 N–H and O–H groups in total. The maximum absolute atomic E-state index is 13.4. The zero-order chi connectivity index (χ0) is 27.2. The lowest BCUT2D eigenvalue weighted by molar-refractivity contribution is -0.0477. The van der Waals surface area contributed by atoms with E-state index < -0.39 is 5.60 Å². The molecule has 2 heterocycles. The second kappa shape index (κ2) is 15.9. The van der Waals surface area contributed by atoms with Crippen molar-refractivity contribution in [3.05, 3.63) is 71.4 Å². The van der Waals surface area contributed by atoms with Crippen LogP contribution in [0.4, 0.5) is 0 Å². The summed E-state index contributed by atoms with van der Waals surface area (Å²) < 4.78 is 28.6. The van der Waals surface area contributed by atoms with Crippen LogP contribution in [0.2, 0.25) is 0 Å². The van der Waals surface area contributed by atoms with E-state index in [1.165, 1.54) is 0 Å². The van der Waals surface area contributed by atoms with Gasteiger partial charge in [-0.05, 0) is 48.6 Å². The number of amides is 1. The summed E-state index contributed by atoms with van der Waals surface area (Å²) in [7, 11) is 6.91. The number of methoxy groups -OCH3 is 4. The van der Waals surface area contributed by atoms with Gasteiger partial charge in [-0.3, -0.25) is 9.78 Å². The summed E-state index contributed by atoms with van der Waals surface area (Å²) in [4.78, 5) is 19.7. The van der Waals surface area contributed by atoms with Gasteiger partial charge in [0.15, 0.2) is 0 Å². The van der Waals surface area contributed by atoms with Gasteiger partial charge in [-0.2, -0.15) is 0 Å². The fourth-order valence-corrected chi connectivity index (χ4v) is 5.43. The molecule has 38 heavy (non-hydrogen) atoms. The Bertz CT molecular complexity index is 953. The van der Waals surface area contributed by atoms with Crippen LogP contribution in [-0.2, 0) is 23.7 Å². The predicted molar refractivity (Wildman–Crippen MR) is 146 cm³/mol. The molecule has 1 aromatic heterocycles. The highest BCUT2D eigenvalue weighted by Gasteiger charge is 2.47. The highest BCUT2D eigenvalue weighted by Crippen LogP contribution is 2.48. The molecule has 2 aromatic rings. The zero-order valence-corrected chi connectivity index (χ0v) is 23.3. The smallest absolute Gasteiger partial charge is 0.254 e. The maximum Gasteiger partial charge on any atom is 0.254 e. The summed E-state index contributed by atoms with van der Waals surface area (Å²) in [6.45, 7) is 4.03. The van der Waals surface area contributed by atoms with Crippen molar-refractivity contribution in [3.8, 4) is 0 Å². The number of nitrogens with zero attached hydrogens (tertiary/aromatic N) is 2. The first-order valence-electron chi connectivity index (χ1n) is 13.4. The van der Waals surface area contributed by atoms with Crippen molar-refractivity contribution in [2.45, 2.75) is 37.2 Å². The molecule has 0 aliphatic carbocycles. The Morgan fingerprint density at radius 3 is 2.39 bits per heavy atom. The standard InChI is InChI=1S/C30H43N2O6/c1-34-17-7-11-27(26-10-6-14-31-23-26)30(37-4,13-19-36-3)28(12-18-35-2)24-8-5-9-25(22-24)29(33)32-15-20-38-21-16-32/h5-6,8-10,14,22-23,28H,7,11-13,15-21H2,1-4H3. The van der Waals surface area contributed by atoms with Crippen LogP contribution in [0.1, 0.15) is 53.1 Å². The highest BCUT2D eigenvalue weighted by molar-refractivity contribution is 5.94. The first kappa shape index (κ1) is 30.2. The van der Waals surface area contributed by atoms with Crippen LogP contribution in [0.25, 0.3) is 0 Å². The van der Waals surface area contributed by atoms with E-state index in [4.69, 9.17) is 23.7 Å². The molecule has 3 rings (SSSR count). The summed E-state index contributed by atoms with van der Waals surface area (Å²) in [5.41, 5.74) is 2.02. The van der Waals surface area contributed by atoms with E-state index in [1.807, 2.05) is 35.4 Å². The Morgan fingerprint density at radius 1 is 1.00 bits per heavy atom. The number of carbonyl (C=O) groups is 1. The summed E-state index contributed by atoms with van der Waals surface area (Å²) in [6.07, 6.45) is 6.63. The zero-order valence-electron chi connectivity index (χ0n) is 23.3. The summed E-state index contributed by atoms with van der Waals surface area (Å²) in [6, 6.07) is 12.0. The molecule has 0 spiro atoms. The molecule has 1 aliphatic heterocycles. The van der Waals surface area contributed by atoms with Gasteiger partial charge in [-0.1, -0.05) is 18.2 Å². The molecular formula is C30H43N2O6. The van der Waals surface area contributed by atoms with Gasteiger partial charge in [0.2, 0.25) is 0 Å². The Labute approximate surface area is 227 Å². The predicted octanol–water partition coefficient (Wildman–Crippen LogP) is 4.15. The minimum Gasteiger partial charge on any atom is -0.385 e. The van der Waals surface area contributed by atoms with Crippen LogP contribution < -0.4 is 0 Å². The number of benzene rings is 1. The van der Waals surface area contributed by atoms with Crippen molar-refractivity contribution in [2.24, 2.45) is 0 Å². The molecule has 1 saturated heterocycles. The monoisotopic (exact) mass is 527 g/mol. The van der Waals surface area contributed by atoms with Gasteiger partial charge in [0, 0.05) is 97.6 Å². The SMILES string of the molecule is COCCC[C](c1cccnc1)C(CCOC)(OC)C(CCOC)c1cccc(C(=O)N2CCOCC2)c1. The minimum absolute atomic E-state index is 0.0251. The fourth-order valence-electron chi connectivity index (χ4n) is 5.43. The fraction of sp³-hybridized carbons (Fsp3) is 0.567. The van der Waals surface area contributed by atoms with Crippen molar-refractivity contribution in [1.29, 1.82) is 0 Å². The normalized spacial score (nSPS) is 16.4. The third-order valence-electron chi connectivity index (χ3n) is 7.35. The lowest BCUT2D eigenvalue weighted by Crippen LogP contribution is -2.47. The number of carbonyl (C=O) groups excluding carboxylic acids is 1. The molecule has 2 atom stereocenters. The second-order valence-corrected chi connectivity index (χ2v) is 9.52. The molecule has 1 aliphatic rings. The Balaban J connectivity index is 2.09. The molecule has 1 radical (unpaired) electrons. The molecule has 1 aromatic carbocycles. The maximum atomic E-state index is 13.4. The molecule has 0 bridgehead atoms. The van der Waals surface area contributed by atoms with Crippen LogP contribution in [0.5, 0.6) is 0 Å². The Kier molecular flexibility index (Phi) is 12.6. The van der Waals surface area contributed by atoms with Gasteiger partial charge in [0.05, 0.1) is 18.8 Å². The van der Waals surface area contributed by atoms with Gasteiger partial charge < -0.3 is 28.6 Å². The van der Waals surface area contributed by atoms with Crippen molar-refractivity contribution >= 4 is 5.91 Å². The summed E-state index contributed by atoms with van der Waals surface area (Å²) >= 11 is 0. The van der Waals surface area contributed by atoms with Gasteiger partial charge in [-0.15, -0.1) is 0 Å². The highest BCUT2D eigenvalue weighted by atomic mass is 16.5. The third kappa shape index (κ3) is 7.61. The number of morpholine rings is 1. The molecular weight excluding hydrogens is 484 g/mol. The van der Waals surface area contributed by atoms with Crippen molar-refractivity contribution in [1.82, 2.24) is 9.88 Å². The van der Waals surface area contributed by atoms with Gasteiger partial charge in [0.1, 0.15) is 0 Å². The largest absolute Gasteiger partial charge is 0.385 e. The summed E-state index contributed by atoms with van der Waals surface area (Å²) in [5, 5.41) is 0. The molecule has 1 amide bonds. The third-order valence-corrected chi connectivity index (χ3v) is 7.35. The molecule has 8 nitrogen and oxygen atoms in total. The van der Waals surface area contributed by atoms with E-state index in [-0.39, 0.29) is 11.8 Å². The Hall–Kier alpha value is -2.36. The van der Waals surface area contributed by atoms with E-state index in [2.05, 4.69) is 17.1 Å². The average Bonchev–Trinajstić information content (AvgIpc) is 2.98. The van der Waals surface area contributed by atoms with Crippen molar-refractivity contribution in [3.63, 3.8) is 0 Å². The Morgan fingerprint density at radius 2 is 1.74 bits per heavy atom. The molecule has 1 fully saturated rings. The van der Waals surface area contributed by atoms with Gasteiger partial charge in [-0.25, -0.2) is 0 Å². The number of hydrogen-bond acceptors (Lipinski definition) is 7. The second-order valence-electron chi connectivity index (χ2n) is 9.52. The van der Waals surface area contributed by atoms with Gasteiger partial charge >= 0.3 is 0 Å². The minimum atomic E-state index is -0.716. The molecule has 8 heteroatoms. The first-order valence-corrected chi connectivity index (χ1v) is 13.4. The van der Waals surface area contributed by atoms with E-state index in [9.17, 15) is 4.79 Å². The lowest BCUT2D eigenvalue weighted by atomic mass is 9.66. The van der Waals surface area contributed by atoms with Crippen LogP contribution >= 0.6 is 0 Å². The van der Waals surface area contributed by atoms with Crippen LogP contribution in [0.3, 0.4) is 0 Å². The topological polar surface area (TPSA) is 79.3 Å². The van der Waals surface area contributed by atoms with Gasteiger partial charge in [0.25, 0.3) is 5.91 Å². The number of aromatic nitrogens is 1. The number of ether oxygens (including phenoxy) is 5. The molecule has 0 saturated carbocycles. The number of rotatable bonds is 16. The van der Waals surface area contributed by atoms with Crippen molar-refractivity contribution in [2.75, 3.05) is 74.6 Å². The van der Waals surface area contributed by atoms with E-state index in [0.29, 0.717) is 64.5 Å². The van der Waals surface area contributed by atoms with Crippen LogP contribution in [-0.4, -0.2) is 96.0 Å². The van der Waals surface area contributed by atoms with E-state index in [1.54, 1.807) is 34.6 Å². The number of pyridine rings is 1. The lowest BCUT2D eigenvalue weighted by Gasteiger charge is -2.46. The first-order chi connectivity index (χ1) is 18.6. The van der Waals surface area contributed by atoms with Crippen molar-refractivity contribution < 1.29 is 28.5 Å². The number of hydrogen-bond donors (Lipinski definition) is 0. The van der Waals surface area contributed by atoms with E-state index in [0.717, 1.165) is 29.9 Å². The van der Waals surface area contributed by atoms with Crippen LogP contribution in [0.15, 0.2) is 48.8 Å². The quantitative estimate of drug-likeness (QED) is 0.304.